The van der Waals surface area contributed by atoms with E-state index >= 15 is 0 Å². The number of rotatable bonds is 7. The van der Waals surface area contributed by atoms with Gasteiger partial charge in [0.05, 0.1) is 0 Å². The molecular weight excluding hydrogens is 372 g/mol. The van der Waals surface area contributed by atoms with Gasteiger partial charge in [0, 0.05) is 24.9 Å². The van der Waals surface area contributed by atoms with Crippen LogP contribution >= 0.6 is 0 Å². The van der Waals surface area contributed by atoms with Gasteiger partial charge in [0.2, 0.25) is 11.8 Å². The molecule has 30 heavy (non-hydrogen) atoms. The van der Waals surface area contributed by atoms with Gasteiger partial charge in [-0.3, -0.25) is 9.59 Å². The number of amides is 2. The summed E-state index contributed by atoms with van der Waals surface area (Å²) in [6, 6.07) is 10.1. The minimum atomic E-state index is -0.161. The first-order chi connectivity index (χ1) is 14.3. The molecule has 0 aromatic heterocycles. The fraction of sp³-hybridized carbons (Fsp3) is 0.615. The van der Waals surface area contributed by atoms with Gasteiger partial charge in [-0.25, -0.2) is 10.0 Å². The van der Waals surface area contributed by atoms with Crippen molar-refractivity contribution in [3.63, 3.8) is 0 Å². The van der Waals surface area contributed by atoms with E-state index in [2.05, 4.69) is 39.5 Å². The second-order valence-corrected chi connectivity index (χ2v) is 10.2. The van der Waals surface area contributed by atoms with E-state index in [0.717, 1.165) is 12.0 Å². The molecule has 2 unspecified atom stereocenters. The van der Waals surface area contributed by atoms with E-state index in [1.807, 2.05) is 29.3 Å². The van der Waals surface area contributed by atoms with Crippen LogP contribution in [0, 0.1) is 17.3 Å². The van der Waals surface area contributed by atoms with E-state index in [-0.39, 0.29) is 29.2 Å². The Kier molecular flexibility index (Phi) is 7.51. The molecule has 2 amide bonds. The summed E-state index contributed by atoms with van der Waals surface area (Å²) in [6.45, 7) is 10.9. The molecule has 0 spiro atoms. The Bertz CT molecular complexity index is 731. The number of nitrogens with zero attached hydrogens (tertiary/aromatic N) is 2. The Morgan fingerprint density at radius 3 is 2.43 bits per heavy atom. The Morgan fingerprint density at radius 1 is 1.17 bits per heavy atom. The molecule has 1 aromatic carbocycles. The molecule has 3 rings (SSSR count). The van der Waals surface area contributed by atoms with Gasteiger partial charge in [-0.2, -0.15) is 0 Å². The first-order valence-electron chi connectivity index (χ1n) is 11.6. The first-order valence-corrected chi connectivity index (χ1v) is 11.6. The van der Waals surface area contributed by atoms with E-state index in [1.165, 1.54) is 37.1 Å². The highest BCUT2D eigenvalue weighted by molar-refractivity contribution is 5.97. The van der Waals surface area contributed by atoms with Crippen LogP contribution in [0.4, 0.5) is 0 Å². The molecule has 4 heteroatoms. The van der Waals surface area contributed by atoms with Crippen LogP contribution < -0.4 is 0 Å². The lowest BCUT2D eigenvalue weighted by Crippen LogP contribution is -2.51. The van der Waals surface area contributed by atoms with Crippen molar-refractivity contribution in [1.29, 1.82) is 0 Å². The predicted octanol–water partition coefficient (Wildman–Crippen LogP) is 5.74. The second-order valence-electron chi connectivity index (χ2n) is 10.2. The molecule has 0 N–H and O–H groups in total. The Hall–Kier alpha value is -1.94. The fourth-order valence-electron chi connectivity index (χ4n) is 5.09. The van der Waals surface area contributed by atoms with Gasteiger partial charge >= 0.3 is 0 Å². The van der Waals surface area contributed by atoms with Crippen molar-refractivity contribution in [2.45, 2.75) is 84.7 Å². The number of allylic oxidation sites excluding steroid dienone is 1. The van der Waals surface area contributed by atoms with Crippen LogP contribution in [0.15, 0.2) is 43.0 Å². The highest BCUT2D eigenvalue weighted by Crippen LogP contribution is 2.37. The third-order valence-electron chi connectivity index (χ3n) is 6.76. The van der Waals surface area contributed by atoms with Crippen LogP contribution in [0.1, 0.15) is 77.7 Å². The van der Waals surface area contributed by atoms with Crippen LogP contribution in [0.25, 0.3) is 0 Å². The van der Waals surface area contributed by atoms with Crippen LogP contribution in [0.3, 0.4) is 0 Å². The Balaban J connectivity index is 1.85. The molecule has 2 aliphatic rings. The smallest absolute Gasteiger partial charge is 0.247 e. The zero-order valence-corrected chi connectivity index (χ0v) is 19.0. The standard InChI is InChI=1S/C26H38N2O2/c1-5-12-22(17-20-13-8-6-9-14-20)25(30)28-24(29)18-23(26(2,3)4)27(28)19-21-15-10-7-11-16-21/h5,7,10-11,15-16,20,22-23H,1,6,8-9,12-14,17-19H2,2-4H3. The Labute approximate surface area is 182 Å². The minimum absolute atomic E-state index is 0.00761. The summed E-state index contributed by atoms with van der Waals surface area (Å²) in [5.41, 5.74) is 1.02. The topological polar surface area (TPSA) is 40.6 Å². The average molecular weight is 411 g/mol. The zero-order valence-electron chi connectivity index (χ0n) is 19.0. The van der Waals surface area contributed by atoms with Crippen molar-refractivity contribution in [1.82, 2.24) is 10.0 Å². The van der Waals surface area contributed by atoms with Gasteiger partial charge in [0.25, 0.3) is 0 Å². The number of carbonyl (C=O) groups is 2. The minimum Gasteiger partial charge on any atom is -0.273 e. The average Bonchev–Trinajstić information content (AvgIpc) is 3.05. The summed E-state index contributed by atoms with van der Waals surface area (Å²) in [5, 5.41) is 3.54. The van der Waals surface area contributed by atoms with Crippen molar-refractivity contribution < 1.29 is 9.59 Å². The third-order valence-corrected chi connectivity index (χ3v) is 6.76. The molecule has 0 radical (unpaired) electrons. The maximum atomic E-state index is 13.7. The van der Waals surface area contributed by atoms with Crippen molar-refractivity contribution in [2.75, 3.05) is 0 Å². The monoisotopic (exact) mass is 410 g/mol. The number of carbonyl (C=O) groups excluding carboxylic acids is 2. The molecule has 4 nitrogen and oxygen atoms in total. The lowest BCUT2D eigenvalue weighted by molar-refractivity contribution is -0.164. The highest BCUT2D eigenvalue weighted by atomic mass is 16.2. The highest BCUT2D eigenvalue weighted by Gasteiger charge is 2.47. The maximum absolute atomic E-state index is 13.7. The van der Waals surface area contributed by atoms with Crippen molar-refractivity contribution in [3.05, 3.63) is 48.6 Å². The molecule has 1 heterocycles. The normalized spacial score (nSPS) is 22.3. The summed E-state index contributed by atoms with van der Waals surface area (Å²) < 4.78 is 0. The molecule has 1 aromatic rings. The van der Waals surface area contributed by atoms with Crippen molar-refractivity contribution in [3.8, 4) is 0 Å². The molecule has 1 aliphatic carbocycles. The van der Waals surface area contributed by atoms with Crippen molar-refractivity contribution in [2.24, 2.45) is 17.3 Å². The summed E-state index contributed by atoms with van der Waals surface area (Å²) in [5.74, 6) is 0.333. The molecule has 2 atom stereocenters. The summed E-state index contributed by atoms with van der Waals surface area (Å²) in [7, 11) is 0. The van der Waals surface area contributed by atoms with Crippen LogP contribution in [-0.4, -0.2) is 27.9 Å². The van der Waals surface area contributed by atoms with Crippen molar-refractivity contribution >= 4 is 11.8 Å². The van der Waals surface area contributed by atoms with E-state index in [4.69, 9.17) is 0 Å². The molecule has 1 saturated heterocycles. The molecule has 164 valence electrons. The molecule has 1 saturated carbocycles. The summed E-state index contributed by atoms with van der Waals surface area (Å²) in [6.07, 6.45) is 9.97. The molecule has 1 aliphatic heterocycles. The Morgan fingerprint density at radius 2 is 1.83 bits per heavy atom. The SMILES string of the molecule is C=CCC(CC1CCCCC1)C(=O)N1C(=O)CC(C(C)(C)C)N1Cc1ccccc1. The molecule has 2 fully saturated rings. The van der Waals surface area contributed by atoms with E-state index in [1.54, 1.807) is 0 Å². The van der Waals surface area contributed by atoms with E-state index in [9.17, 15) is 9.59 Å². The van der Waals surface area contributed by atoms with Gasteiger partial charge in [0.1, 0.15) is 0 Å². The fourth-order valence-corrected chi connectivity index (χ4v) is 5.09. The van der Waals surface area contributed by atoms with Gasteiger partial charge in [-0.05, 0) is 29.7 Å². The quantitative estimate of drug-likeness (QED) is 0.538. The van der Waals surface area contributed by atoms with Crippen LogP contribution in [0.5, 0.6) is 0 Å². The van der Waals surface area contributed by atoms with E-state index in [0.29, 0.717) is 25.3 Å². The number of benzene rings is 1. The predicted molar refractivity (Wildman–Crippen MR) is 121 cm³/mol. The number of hydrazine groups is 1. The van der Waals surface area contributed by atoms with Crippen LogP contribution in [-0.2, 0) is 16.1 Å². The van der Waals surface area contributed by atoms with Gasteiger partial charge in [0.15, 0.2) is 0 Å². The first kappa shape index (κ1) is 22.7. The number of imide groups is 1. The maximum Gasteiger partial charge on any atom is 0.247 e. The summed E-state index contributed by atoms with van der Waals surface area (Å²) >= 11 is 0. The second kappa shape index (κ2) is 9.91. The molecular formula is C26H38N2O2. The van der Waals surface area contributed by atoms with Crippen LogP contribution in [0.2, 0.25) is 0 Å². The van der Waals surface area contributed by atoms with Gasteiger partial charge < -0.3 is 0 Å². The zero-order chi connectivity index (χ0) is 21.7. The van der Waals surface area contributed by atoms with Gasteiger partial charge in [-0.1, -0.05) is 89.3 Å². The lowest BCUT2D eigenvalue weighted by atomic mass is 9.81. The number of hydrogen-bond donors (Lipinski definition) is 0. The summed E-state index contributed by atoms with van der Waals surface area (Å²) in [4.78, 5) is 26.8. The van der Waals surface area contributed by atoms with Gasteiger partial charge in [-0.15, -0.1) is 6.58 Å². The largest absolute Gasteiger partial charge is 0.273 e. The molecule has 0 bridgehead atoms. The third kappa shape index (κ3) is 5.40. The lowest BCUT2D eigenvalue weighted by Gasteiger charge is -2.38. The number of hydrogen-bond acceptors (Lipinski definition) is 3. The van der Waals surface area contributed by atoms with E-state index < -0.39 is 0 Å².